The van der Waals surface area contributed by atoms with Gasteiger partial charge in [0.25, 0.3) is 0 Å². The molecule has 0 fully saturated rings. The van der Waals surface area contributed by atoms with Gasteiger partial charge in [0.15, 0.2) is 0 Å². The van der Waals surface area contributed by atoms with Gasteiger partial charge in [0.1, 0.15) is 4.91 Å². The number of hydrazone groups is 1. The molecule has 1 spiro atoms. The molecule has 0 aliphatic carbocycles. The molecule has 0 radical (unpaired) electrons. The molecule has 9 heteroatoms. The van der Waals surface area contributed by atoms with Crippen molar-refractivity contribution >= 4 is 46.2 Å². The highest BCUT2D eigenvalue weighted by Gasteiger charge is 2.56. The molecule has 0 N–H and O–H groups in total. The minimum absolute atomic E-state index is 0.251. The Morgan fingerprint density at radius 1 is 1.11 bits per heavy atom. The summed E-state index contributed by atoms with van der Waals surface area (Å²) in [6.07, 6.45) is 0. The van der Waals surface area contributed by atoms with E-state index in [1.807, 2.05) is 50.1 Å². The lowest BCUT2D eigenvalue weighted by Crippen LogP contribution is -2.47. The highest BCUT2D eigenvalue weighted by atomic mass is 32.2. The zero-order chi connectivity index (χ0) is 20.5. The fraction of sp³-hybridized carbons (Fsp3) is 0.421. The minimum Gasteiger partial charge on any atom is -0.462 e. The van der Waals surface area contributed by atoms with Crippen LogP contribution in [0.4, 0.5) is 5.69 Å². The number of carbonyl (C=O) groups excluding carboxylic acids is 2. The quantitative estimate of drug-likeness (QED) is 0.669. The van der Waals surface area contributed by atoms with Gasteiger partial charge in [-0.1, -0.05) is 23.9 Å². The molecule has 2 aliphatic heterocycles. The fourth-order valence-electron chi connectivity index (χ4n) is 2.90. The van der Waals surface area contributed by atoms with Gasteiger partial charge in [-0.2, -0.15) is 5.10 Å². The molecule has 3 rings (SSSR count). The molecule has 7 nitrogen and oxygen atoms in total. The summed E-state index contributed by atoms with van der Waals surface area (Å²) < 4.78 is 9.54. The molecule has 1 aromatic carbocycles. The zero-order valence-electron chi connectivity index (χ0n) is 16.5. The van der Waals surface area contributed by atoms with Crippen LogP contribution in [0.15, 0.2) is 40.0 Å². The summed E-state index contributed by atoms with van der Waals surface area (Å²) in [6.45, 7) is 7.96. The molecule has 0 bridgehead atoms. The van der Waals surface area contributed by atoms with Crippen molar-refractivity contribution in [3.63, 3.8) is 0 Å². The second-order valence-corrected chi connectivity index (χ2v) is 8.82. The lowest BCUT2D eigenvalue weighted by atomic mass is 10.2. The van der Waals surface area contributed by atoms with Gasteiger partial charge in [0.2, 0.25) is 9.37 Å². The number of carbonyl (C=O) groups is 2. The SMILES string of the molecule is CCOC(=O)C1=NN(c2cccc(C)c2)[C@]2(S1)SC(C(=O)OCC)=C(C)N2C. The average molecular weight is 422 g/mol. The van der Waals surface area contributed by atoms with Gasteiger partial charge in [-0.3, -0.25) is 0 Å². The van der Waals surface area contributed by atoms with Crippen molar-refractivity contribution in [1.82, 2.24) is 4.90 Å². The summed E-state index contributed by atoms with van der Waals surface area (Å²) in [5.74, 6) is -0.846. The molecule has 28 heavy (non-hydrogen) atoms. The first kappa shape index (κ1) is 20.6. The largest absolute Gasteiger partial charge is 0.462 e. The third kappa shape index (κ3) is 3.48. The van der Waals surface area contributed by atoms with Crippen LogP contribution in [0.3, 0.4) is 0 Å². The molecule has 1 atom stereocenters. The van der Waals surface area contributed by atoms with Crippen LogP contribution in [-0.2, 0) is 19.1 Å². The maximum absolute atomic E-state index is 12.5. The van der Waals surface area contributed by atoms with E-state index in [0.717, 1.165) is 16.9 Å². The summed E-state index contributed by atoms with van der Waals surface area (Å²) in [7, 11) is 1.88. The molecule has 0 aromatic heterocycles. The van der Waals surface area contributed by atoms with Gasteiger partial charge >= 0.3 is 11.9 Å². The average Bonchev–Trinajstić information content (AvgIpc) is 3.17. The van der Waals surface area contributed by atoms with Crippen molar-refractivity contribution < 1.29 is 19.1 Å². The lowest BCUT2D eigenvalue weighted by molar-refractivity contribution is -0.137. The van der Waals surface area contributed by atoms with Crippen LogP contribution >= 0.6 is 23.5 Å². The van der Waals surface area contributed by atoms with E-state index in [4.69, 9.17) is 9.47 Å². The van der Waals surface area contributed by atoms with Crippen LogP contribution in [0.2, 0.25) is 0 Å². The molecule has 0 saturated heterocycles. The number of aryl methyl sites for hydroxylation is 1. The second kappa shape index (κ2) is 8.08. The molecular formula is C19H23N3O4S2. The Hall–Kier alpha value is -2.13. The van der Waals surface area contributed by atoms with Crippen LogP contribution in [-0.4, -0.2) is 46.5 Å². The Bertz CT molecular complexity index is 870. The van der Waals surface area contributed by atoms with Gasteiger partial charge in [0.05, 0.1) is 18.9 Å². The summed E-state index contributed by atoms with van der Waals surface area (Å²) in [6, 6.07) is 7.85. The number of hydrogen-bond acceptors (Lipinski definition) is 9. The Kier molecular flexibility index (Phi) is 5.95. The predicted molar refractivity (Wildman–Crippen MR) is 113 cm³/mol. The van der Waals surface area contributed by atoms with Crippen molar-refractivity contribution in [2.45, 2.75) is 32.0 Å². The first-order chi connectivity index (χ1) is 13.3. The van der Waals surface area contributed by atoms with Crippen LogP contribution in [0, 0.1) is 6.92 Å². The second-order valence-electron chi connectivity index (χ2n) is 6.22. The molecule has 2 aliphatic rings. The number of rotatable bonds is 5. The van der Waals surface area contributed by atoms with E-state index in [9.17, 15) is 9.59 Å². The minimum atomic E-state index is -0.845. The molecule has 1 aromatic rings. The number of hydrogen-bond donors (Lipinski definition) is 0. The van der Waals surface area contributed by atoms with Gasteiger partial charge in [-0.25, -0.2) is 14.6 Å². The number of esters is 2. The number of benzene rings is 1. The highest BCUT2D eigenvalue weighted by molar-refractivity contribution is 8.28. The molecule has 0 saturated carbocycles. The van der Waals surface area contributed by atoms with Crippen LogP contribution in [0.25, 0.3) is 0 Å². The number of anilines is 1. The first-order valence-electron chi connectivity index (χ1n) is 8.96. The van der Waals surface area contributed by atoms with Crippen molar-refractivity contribution in [3.8, 4) is 0 Å². The maximum Gasteiger partial charge on any atom is 0.365 e. The number of thioether (sulfide) groups is 2. The van der Waals surface area contributed by atoms with E-state index in [0.29, 0.717) is 11.5 Å². The van der Waals surface area contributed by atoms with E-state index in [-0.39, 0.29) is 17.6 Å². The molecule has 2 heterocycles. The summed E-state index contributed by atoms with van der Waals surface area (Å²) in [4.78, 5) is 27.3. The number of allylic oxidation sites excluding steroid dienone is 1. The van der Waals surface area contributed by atoms with E-state index < -0.39 is 10.3 Å². The monoisotopic (exact) mass is 421 g/mol. The van der Waals surface area contributed by atoms with Gasteiger partial charge in [0, 0.05) is 12.7 Å². The van der Waals surface area contributed by atoms with Crippen molar-refractivity contribution in [3.05, 3.63) is 40.4 Å². The summed E-state index contributed by atoms with van der Waals surface area (Å²) in [5, 5.41) is 6.60. The number of ether oxygens (including phenoxy) is 2. The normalized spacial score (nSPS) is 21.4. The van der Waals surface area contributed by atoms with Crippen LogP contribution < -0.4 is 5.01 Å². The van der Waals surface area contributed by atoms with Crippen LogP contribution in [0.5, 0.6) is 0 Å². The molecule has 150 valence electrons. The topological polar surface area (TPSA) is 71.4 Å². The standard InChI is InChI=1S/C19H23N3O4S2/c1-6-25-17(23)15-13(4)21(5)19(27-15)22(14-10-8-9-12(3)11-14)20-16(28-19)18(24)26-7-2/h8-11H,6-7H2,1-5H3/t19-/m0/s1. The van der Waals surface area contributed by atoms with E-state index >= 15 is 0 Å². The van der Waals surface area contributed by atoms with Crippen molar-refractivity contribution in [2.75, 3.05) is 25.3 Å². The Labute approximate surface area is 173 Å². The highest BCUT2D eigenvalue weighted by Crippen LogP contribution is 2.58. The zero-order valence-corrected chi connectivity index (χ0v) is 18.1. The van der Waals surface area contributed by atoms with Gasteiger partial charge in [-0.15, -0.1) is 0 Å². The van der Waals surface area contributed by atoms with Gasteiger partial charge in [-0.05, 0) is 57.2 Å². The van der Waals surface area contributed by atoms with E-state index in [1.165, 1.54) is 23.5 Å². The third-order valence-electron chi connectivity index (χ3n) is 4.34. The third-order valence-corrected chi connectivity index (χ3v) is 7.37. The Morgan fingerprint density at radius 3 is 2.43 bits per heavy atom. The van der Waals surface area contributed by atoms with E-state index in [1.54, 1.807) is 18.9 Å². The Morgan fingerprint density at radius 2 is 1.79 bits per heavy atom. The number of nitrogens with zero attached hydrogens (tertiary/aromatic N) is 3. The van der Waals surface area contributed by atoms with Crippen molar-refractivity contribution in [2.24, 2.45) is 5.10 Å². The first-order valence-corrected chi connectivity index (χ1v) is 10.6. The fourth-order valence-corrected chi connectivity index (χ4v) is 5.78. The van der Waals surface area contributed by atoms with Gasteiger partial charge < -0.3 is 14.4 Å². The Balaban J connectivity index is 2.03. The predicted octanol–water partition coefficient (Wildman–Crippen LogP) is 3.51. The van der Waals surface area contributed by atoms with Crippen molar-refractivity contribution in [1.29, 1.82) is 0 Å². The van der Waals surface area contributed by atoms with Crippen LogP contribution in [0.1, 0.15) is 26.3 Å². The lowest BCUT2D eigenvalue weighted by Gasteiger charge is -2.39. The van der Waals surface area contributed by atoms with E-state index in [2.05, 4.69) is 5.10 Å². The maximum atomic E-state index is 12.5. The molecular weight excluding hydrogens is 398 g/mol. The summed E-state index contributed by atoms with van der Waals surface area (Å²) >= 11 is 2.60. The molecule has 0 amide bonds. The smallest absolute Gasteiger partial charge is 0.365 e. The summed E-state index contributed by atoms with van der Waals surface area (Å²) in [5.41, 5.74) is 2.66. The molecule has 0 unspecified atom stereocenters.